The van der Waals surface area contributed by atoms with Gasteiger partial charge in [-0.3, -0.25) is 0 Å². The molecule has 21 heavy (non-hydrogen) atoms. The van der Waals surface area contributed by atoms with E-state index in [2.05, 4.69) is 9.72 Å². The number of nitriles is 1. The van der Waals surface area contributed by atoms with Crippen LogP contribution in [0.1, 0.15) is 0 Å². The second kappa shape index (κ2) is 5.05. The number of rotatable bonds is 3. The van der Waals surface area contributed by atoms with Crippen molar-refractivity contribution in [3.8, 4) is 6.07 Å². The Kier molecular flexibility index (Phi) is 3.68. The van der Waals surface area contributed by atoms with Gasteiger partial charge in [-0.2, -0.15) is 10.2 Å². The van der Waals surface area contributed by atoms with Crippen molar-refractivity contribution < 1.29 is 24.4 Å². The van der Waals surface area contributed by atoms with Crippen molar-refractivity contribution in [2.24, 2.45) is 0 Å². The van der Waals surface area contributed by atoms with Crippen LogP contribution >= 0.6 is 0 Å². The average Bonchev–Trinajstić information content (AvgIpc) is 2.70. The highest BCUT2D eigenvalue weighted by Gasteiger charge is 2.70. The van der Waals surface area contributed by atoms with Crippen molar-refractivity contribution in [1.82, 2.24) is 9.55 Å². The third-order valence-electron chi connectivity index (χ3n) is 3.52. The number of nitrogens with zero attached hydrogens (tertiary/aromatic N) is 3. The Morgan fingerprint density at radius 1 is 1.57 bits per heavy atom. The van der Waals surface area contributed by atoms with Gasteiger partial charge in [0.15, 0.2) is 18.8 Å². The Balaban J connectivity index is 2.63. The number of nitrogens with two attached hydrogens (primary N) is 1. The number of aliphatic hydroxyl groups is 5. The average molecular weight is 301 g/mol. The summed E-state index contributed by atoms with van der Waals surface area (Å²) in [6.45, 7) is -2.26. The molecule has 2 rings (SSSR count). The second-order valence-electron chi connectivity index (χ2n) is 4.74. The molecule has 1 aromatic heterocycles. The molecule has 1 aliphatic heterocycles. The SMILES string of the molecule is N#C[C@@]1(n2ccc(N)nc2=O)[OH+][C@@](CO)(CF)[C@@H](O)[C@H]1O. The first-order valence-corrected chi connectivity index (χ1v) is 5.91. The Bertz CT molecular complexity index is 640. The number of alkyl halides is 1. The van der Waals surface area contributed by atoms with E-state index in [4.69, 9.17) is 5.73 Å². The van der Waals surface area contributed by atoms with Gasteiger partial charge in [0.25, 0.3) is 0 Å². The van der Waals surface area contributed by atoms with Gasteiger partial charge in [0.2, 0.25) is 11.7 Å². The maximum atomic E-state index is 13.2. The first-order chi connectivity index (χ1) is 9.86. The molecule has 4 atom stereocenters. The molecule has 1 aliphatic rings. The van der Waals surface area contributed by atoms with Crippen LogP contribution < -0.4 is 11.4 Å². The molecule has 114 valence electrons. The Morgan fingerprint density at radius 2 is 2.24 bits per heavy atom. The quantitative estimate of drug-likeness (QED) is 0.341. The van der Waals surface area contributed by atoms with E-state index in [1.807, 2.05) is 0 Å². The van der Waals surface area contributed by atoms with Crippen LogP contribution in [0, 0.1) is 11.3 Å². The van der Waals surface area contributed by atoms with E-state index >= 15 is 0 Å². The lowest BCUT2D eigenvalue weighted by Gasteiger charge is -2.25. The van der Waals surface area contributed by atoms with E-state index in [1.165, 1.54) is 6.07 Å². The fraction of sp³-hybridized carbons (Fsp3) is 0.545. The van der Waals surface area contributed by atoms with Crippen molar-refractivity contribution in [2.45, 2.75) is 23.5 Å². The monoisotopic (exact) mass is 301 g/mol. The number of ether oxygens (including phenoxy) is 1. The van der Waals surface area contributed by atoms with E-state index in [0.29, 0.717) is 4.57 Å². The van der Waals surface area contributed by atoms with Gasteiger partial charge in [0, 0.05) is 6.20 Å². The van der Waals surface area contributed by atoms with Crippen LogP contribution in [-0.4, -0.2) is 60.7 Å². The van der Waals surface area contributed by atoms with Gasteiger partial charge in [-0.25, -0.2) is 13.8 Å². The second-order valence-corrected chi connectivity index (χ2v) is 4.74. The Labute approximate surface area is 117 Å². The zero-order valence-corrected chi connectivity index (χ0v) is 10.7. The molecular formula is C11H14FN4O5+. The lowest BCUT2D eigenvalue weighted by atomic mass is 9.95. The standard InChI is InChI=1S/C11H13FN4O5/c12-3-10(5-17)7(18)8(19)11(4-13,21-10)16-2-1-6(14)15-9(16)20/h1-2,7-8,17-19H,3,5H2,(H2,14,15,20)/p+1/t7-,8+,10+,11+/m0/s1. The molecule has 0 spiro atoms. The highest BCUT2D eigenvalue weighted by molar-refractivity contribution is 5.25. The summed E-state index contributed by atoms with van der Waals surface area (Å²) in [7, 11) is 0. The lowest BCUT2D eigenvalue weighted by molar-refractivity contribution is -0.285. The zero-order valence-electron chi connectivity index (χ0n) is 10.7. The van der Waals surface area contributed by atoms with Gasteiger partial charge in [0.1, 0.15) is 12.4 Å². The molecule has 10 heteroatoms. The summed E-state index contributed by atoms with van der Waals surface area (Å²) in [5.74, 6) is -0.115. The van der Waals surface area contributed by atoms with Crippen molar-refractivity contribution in [1.29, 1.82) is 5.26 Å². The third kappa shape index (κ3) is 1.98. The van der Waals surface area contributed by atoms with Crippen LogP contribution in [0.2, 0.25) is 0 Å². The minimum Gasteiger partial charge on any atom is -0.388 e. The summed E-state index contributed by atoms with van der Waals surface area (Å²) < 4.78 is 17.5. The third-order valence-corrected chi connectivity index (χ3v) is 3.52. The van der Waals surface area contributed by atoms with Crippen LogP contribution in [0.15, 0.2) is 17.1 Å². The molecule has 6 N–H and O–H groups in total. The molecule has 2 heterocycles. The predicted molar refractivity (Wildman–Crippen MR) is 66.5 cm³/mol. The van der Waals surface area contributed by atoms with E-state index in [1.54, 1.807) is 6.07 Å². The molecule has 1 aromatic rings. The van der Waals surface area contributed by atoms with Crippen molar-refractivity contribution in [3.05, 3.63) is 22.7 Å². The molecular weight excluding hydrogens is 287 g/mol. The van der Waals surface area contributed by atoms with Crippen LogP contribution in [0.25, 0.3) is 0 Å². The van der Waals surface area contributed by atoms with Gasteiger partial charge >= 0.3 is 11.4 Å². The summed E-state index contributed by atoms with van der Waals surface area (Å²) >= 11 is 0. The topological polar surface area (TPSA) is 158 Å². The summed E-state index contributed by atoms with van der Waals surface area (Å²) in [6, 6.07) is 2.77. The molecule has 0 radical (unpaired) electrons. The fourth-order valence-corrected chi connectivity index (χ4v) is 2.28. The molecule has 1 saturated heterocycles. The minimum absolute atomic E-state index is 0.115. The number of hydrogen-bond acceptors (Lipinski definition) is 7. The number of halogens is 1. The molecule has 0 aromatic carbocycles. The number of nitrogen functional groups attached to an aromatic ring is 1. The Hall–Kier alpha value is -2.06. The summed E-state index contributed by atoms with van der Waals surface area (Å²) in [4.78, 5) is 15.2. The maximum absolute atomic E-state index is 13.2. The number of anilines is 1. The first-order valence-electron chi connectivity index (χ1n) is 5.91. The van der Waals surface area contributed by atoms with Crippen LogP contribution in [0.4, 0.5) is 10.2 Å². The fourth-order valence-electron chi connectivity index (χ4n) is 2.28. The zero-order chi connectivity index (χ0) is 15.8. The van der Waals surface area contributed by atoms with Gasteiger partial charge in [0.05, 0.1) is 0 Å². The van der Waals surface area contributed by atoms with Crippen molar-refractivity contribution >= 4 is 5.82 Å². The van der Waals surface area contributed by atoms with Crippen molar-refractivity contribution in [2.75, 3.05) is 19.0 Å². The first kappa shape index (κ1) is 15.3. The highest BCUT2D eigenvalue weighted by Crippen LogP contribution is 2.38. The van der Waals surface area contributed by atoms with E-state index in [9.17, 15) is 29.8 Å². The summed E-state index contributed by atoms with van der Waals surface area (Å²) in [5.41, 5.74) is -0.0592. The van der Waals surface area contributed by atoms with Crippen LogP contribution in [0.5, 0.6) is 0 Å². The van der Waals surface area contributed by atoms with Gasteiger partial charge in [-0.1, -0.05) is 0 Å². The van der Waals surface area contributed by atoms with E-state index in [-0.39, 0.29) is 5.82 Å². The normalized spacial score (nSPS) is 35.6. The van der Waals surface area contributed by atoms with Gasteiger partial charge in [-0.15, -0.1) is 0 Å². The molecule has 1 fully saturated rings. The minimum atomic E-state index is -2.30. The number of aliphatic hydroxyl groups excluding tert-OH is 3. The smallest absolute Gasteiger partial charge is 0.371 e. The van der Waals surface area contributed by atoms with Crippen LogP contribution in [-0.2, 0) is 5.72 Å². The van der Waals surface area contributed by atoms with Crippen LogP contribution in [0.3, 0.4) is 0 Å². The lowest BCUT2D eigenvalue weighted by Crippen LogP contribution is -2.51. The van der Waals surface area contributed by atoms with Gasteiger partial charge < -0.3 is 25.8 Å². The summed E-state index contributed by atoms with van der Waals surface area (Å²) in [5, 5.41) is 38.6. The molecule has 9 nitrogen and oxygen atoms in total. The number of hydrogen-bond donors (Lipinski definition) is 4. The molecule has 0 bridgehead atoms. The largest absolute Gasteiger partial charge is 0.388 e. The van der Waals surface area contributed by atoms with Crippen molar-refractivity contribution in [3.63, 3.8) is 0 Å². The van der Waals surface area contributed by atoms with Gasteiger partial charge in [-0.05, 0) is 6.07 Å². The summed E-state index contributed by atoms with van der Waals surface area (Å²) in [6.07, 6.45) is -2.73. The van der Waals surface area contributed by atoms with E-state index < -0.39 is 42.5 Å². The molecule has 0 aliphatic carbocycles. The molecule has 0 unspecified atom stereocenters. The van der Waals surface area contributed by atoms with E-state index in [0.717, 1.165) is 6.20 Å². The number of aromatic nitrogens is 2. The predicted octanol–water partition coefficient (Wildman–Crippen LogP) is -3.03. The highest BCUT2D eigenvalue weighted by atomic mass is 19.1. The maximum Gasteiger partial charge on any atom is 0.371 e. The Morgan fingerprint density at radius 3 is 2.67 bits per heavy atom. The molecule has 0 saturated carbocycles. The molecule has 0 amide bonds.